The molecule has 1 aliphatic rings. The van der Waals surface area contributed by atoms with Gasteiger partial charge in [-0.2, -0.15) is 0 Å². The Balaban J connectivity index is 1.49. The van der Waals surface area contributed by atoms with Gasteiger partial charge in [-0.15, -0.1) is 5.10 Å². The fourth-order valence-electron chi connectivity index (χ4n) is 2.75. The van der Waals surface area contributed by atoms with Crippen molar-refractivity contribution >= 4 is 11.8 Å². The molecule has 0 aromatic carbocycles. The summed E-state index contributed by atoms with van der Waals surface area (Å²) in [5.74, 6) is 1.77. The Morgan fingerprint density at radius 1 is 1.50 bits per heavy atom. The van der Waals surface area contributed by atoms with Gasteiger partial charge in [-0.3, -0.25) is 5.32 Å². The van der Waals surface area contributed by atoms with Crippen molar-refractivity contribution < 1.29 is 9.32 Å². The van der Waals surface area contributed by atoms with Gasteiger partial charge in [0, 0.05) is 6.07 Å². The van der Waals surface area contributed by atoms with E-state index in [9.17, 15) is 4.79 Å². The van der Waals surface area contributed by atoms with Crippen molar-refractivity contribution in [3.05, 3.63) is 23.7 Å². The van der Waals surface area contributed by atoms with Gasteiger partial charge in [-0.05, 0) is 32.1 Å². The highest BCUT2D eigenvalue weighted by Crippen LogP contribution is 2.33. The number of hydrogen-bond acceptors (Lipinski definition) is 5. The van der Waals surface area contributed by atoms with E-state index in [1.54, 1.807) is 13.0 Å². The van der Waals surface area contributed by atoms with Crippen LogP contribution in [-0.2, 0) is 6.54 Å². The zero-order chi connectivity index (χ0) is 15.5. The minimum Gasteiger partial charge on any atom is -0.360 e. The Hall–Kier alpha value is -2.38. The van der Waals surface area contributed by atoms with Gasteiger partial charge in [0.25, 0.3) is 0 Å². The number of anilines is 1. The molecule has 8 nitrogen and oxygen atoms in total. The van der Waals surface area contributed by atoms with Gasteiger partial charge in [0.2, 0.25) is 0 Å². The zero-order valence-electron chi connectivity index (χ0n) is 12.7. The third kappa shape index (κ3) is 3.44. The van der Waals surface area contributed by atoms with E-state index in [0.29, 0.717) is 24.2 Å². The Morgan fingerprint density at radius 3 is 3.05 bits per heavy atom. The number of aromatic nitrogens is 4. The van der Waals surface area contributed by atoms with Crippen LogP contribution in [0.3, 0.4) is 0 Å². The fourth-order valence-corrected chi connectivity index (χ4v) is 2.75. The molecule has 118 valence electrons. The molecule has 8 heteroatoms. The lowest BCUT2D eigenvalue weighted by molar-refractivity contribution is 0.251. The Bertz CT molecular complexity index is 649. The second kappa shape index (κ2) is 6.17. The van der Waals surface area contributed by atoms with Crippen molar-refractivity contribution in [3.8, 4) is 0 Å². The van der Waals surface area contributed by atoms with Crippen LogP contribution in [0.1, 0.15) is 43.7 Å². The van der Waals surface area contributed by atoms with Gasteiger partial charge >= 0.3 is 6.03 Å². The van der Waals surface area contributed by atoms with Gasteiger partial charge in [0.15, 0.2) is 5.82 Å². The second-order valence-corrected chi connectivity index (χ2v) is 5.89. The molecule has 1 fully saturated rings. The quantitative estimate of drug-likeness (QED) is 0.902. The van der Waals surface area contributed by atoms with Gasteiger partial charge < -0.3 is 9.84 Å². The second-order valence-electron chi connectivity index (χ2n) is 5.89. The maximum Gasteiger partial charge on any atom is 0.320 e. The van der Waals surface area contributed by atoms with Crippen LogP contribution in [0.5, 0.6) is 0 Å². The molecule has 3 rings (SSSR count). The van der Waals surface area contributed by atoms with E-state index < -0.39 is 0 Å². The summed E-state index contributed by atoms with van der Waals surface area (Å²) in [5, 5.41) is 17.3. The van der Waals surface area contributed by atoms with Crippen LogP contribution in [0.15, 0.2) is 16.8 Å². The van der Waals surface area contributed by atoms with E-state index >= 15 is 0 Å². The minimum absolute atomic E-state index is 0.324. The first-order valence-corrected chi connectivity index (χ1v) is 7.49. The average Bonchev–Trinajstić information content (AvgIpc) is 3.18. The summed E-state index contributed by atoms with van der Waals surface area (Å²) in [6.45, 7) is 4.35. The van der Waals surface area contributed by atoms with Gasteiger partial charge in [-0.1, -0.05) is 17.3 Å². The smallest absolute Gasteiger partial charge is 0.320 e. The van der Waals surface area contributed by atoms with E-state index in [0.717, 1.165) is 24.5 Å². The normalized spacial score (nSPS) is 21.0. The summed E-state index contributed by atoms with van der Waals surface area (Å²) in [5.41, 5.74) is 0.742. The third-order valence-electron chi connectivity index (χ3n) is 3.90. The van der Waals surface area contributed by atoms with Crippen molar-refractivity contribution in [1.82, 2.24) is 25.5 Å². The largest absolute Gasteiger partial charge is 0.360 e. The van der Waals surface area contributed by atoms with E-state index in [1.807, 2.05) is 10.9 Å². The standard InChI is InChI=1S/C14H20N6O2/c1-9-3-4-12(5-9)20-8-11(17-19-20)7-15-14(21)16-13-6-10(2)22-18-13/h6,8-9,12H,3-5,7H2,1-2H3,(H2,15,16,18,21). The molecule has 2 heterocycles. The SMILES string of the molecule is Cc1cc(NC(=O)NCc2cn(C3CCC(C)C3)nn2)no1. The molecular formula is C14H20N6O2. The predicted octanol–water partition coefficient (Wildman–Crippen LogP) is 2.26. The first kappa shape index (κ1) is 14.6. The van der Waals surface area contributed by atoms with E-state index in [1.165, 1.54) is 6.42 Å². The fraction of sp³-hybridized carbons (Fsp3) is 0.571. The van der Waals surface area contributed by atoms with Crippen LogP contribution in [0.2, 0.25) is 0 Å². The number of carbonyl (C=O) groups is 1. The lowest BCUT2D eigenvalue weighted by atomic mass is 10.1. The summed E-state index contributed by atoms with van der Waals surface area (Å²) < 4.78 is 6.79. The van der Waals surface area contributed by atoms with Gasteiger partial charge in [0.1, 0.15) is 11.5 Å². The maximum absolute atomic E-state index is 11.7. The van der Waals surface area contributed by atoms with Crippen LogP contribution < -0.4 is 10.6 Å². The Morgan fingerprint density at radius 2 is 2.36 bits per heavy atom. The number of hydrogen-bond donors (Lipinski definition) is 2. The number of rotatable bonds is 4. The lowest BCUT2D eigenvalue weighted by Gasteiger charge is -2.08. The zero-order valence-corrected chi connectivity index (χ0v) is 12.7. The Labute approximate surface area is 128 Å². The van der Waals surface area contributed by atoms with E-state index in [4.69, 9.17) is 4.52 Å². The monoisotopic (exact) mass is 304 g/mol. The number of nitrogens with zero attached hydrogens (tertiary/aromatic N) is 4. The number of nitrogens with one attached hydrogen (secondary N) is 2. The lowest BCUT2D eigenvalue weighted by Crippen LogP contribution is -2.28. The first-order valence-electron chi connectivity index (χ1n) is 7.49. The van der Waals surface area contributed by atoms with Crippen molar-refractivity contribution in [3.63, 3.8) is 0 Å². The molecule has 0 saturated heterocycles. The number of aryl methyl sites for hydroxylation is 1. The Kier molecular flexibility index (Phi) is 4.08. The molecule has 1 aliphatic carbocycles. The summed E-state index contributed by atoms with van der Waals surface area (Å²) in [7, 11) is 0. The summed E-state index contributed by atoms with van der Waals surface area (Å²) in [6, 6.07) is 1.73. The van der Waals surface area contributed by atoms with Crippen LogP contribution in [0.25, 0.3) is 0 Å². The van der Waals surface area contributed by atoms with Crippen molar-refractivity contribution in [2.24, 2.45) is 5.92 Å². The molecule has 2 aromatic rings. The topological polar surface area (TPSA) is 97.9 Å². The van der Waals surface area contributed by atoms with Crippen molar-refractivity contribution in [1.29, 1.82) is 0 Å². The molecule has 2 N–H and O–H groups in total. The number of urea groups is 1. The number of carbonyl (C=O) groups excluding carboxylic acids is 1. The molecule has 1 saturated carbocycles. The number of amides is 2. The summed E-state index contributed by atoms with van der Waals surface area (Å²) in [6.07, 6.45) is 5.42. The van der Waals surface area contributed by atoms with Crippen LogP contribution in [0, 0.1) is 12.8 Å². The maximum atomic E-state index is 11.7. The molecule has 0 aliphatic heterocycles. The predicted molar refractivity (Wildman–Crippen MR) is 79.2 cm³/mol. The highest BCUT2D eigenvalue weighted by Gasteiger charge is 2.23. The van der Waals surface area contributed by atoms with Gasteiger partial charge in [0.05, 0.1) is 18.8 Å². The van der Waals surface area contributed by atoms with Crippen LogP contribution in [-0.4, -0.2) is 26.2 Å². The molecule has 2 amide bonds. The molecule has 0 radical (unpaired) electrons. The van der Waals surface area contributed by atoms with E-state index in [-0.39, 0.29) is 6.03 Å². The van der Waals surface area contributed by atoms with E-state index in [2.05, 4.69) is 33.0 Å². The molecule has 0 spiro atoms. The third-order valence-corrected chi connectivity index (χ3v) is 3.90. The first-order chi connectivity index (χ1) is 10.6. The molecule has 2 aromatic heterocycles. The highest BCUT2D eigenvalue weighted by atomic mass is 16.5. The van der Waals surface area contributed by atoms with Crippen LogP contribution >= 0.6 is 0 Å². The molecule has 0 bridgehead atoms. The summed E-state index contributed by atoms with van der Waals surface area (Å²) >= 11 is 0. The van der Waals surface area contributed by atoms with Crippen LogP contribution in [0.4, 0.5) is 10.6 Å². The van der Waals surface area contributed by atoms with Crippen molar-refractivity contribution in [2.75, 3.05) is 5.32 Å². The molecule has 2 atom stereocenters. The average molecular weight is 304 g/mol. The molecule has 22 heavy (non-hydrogen) atoms. The minimum atomic E-state index is -0.350. The molecule has 2 unspecified atom stereocenters. The van der Waals surface area contributed by atoms with Crippen molar-refractivity contribution in [2.45, 2.75) is 45.7 Å². The van der Waals surface area contributed by atoms with Gasteiger partial charge in [-0.25, -0.2) is 9.48 Å². The highest BCUT2D eigenvalue weighted by molar-refractivity contribution is 5.88. The summed E-state index contributed by atoms with van der Waals surface area (Å²) in [4.78, 5) is 11.7. The molecular weight excluding hydrogens is 284 g/mol.